The highest BCUT2D eigenvalue weighted by molar-refractivity contribution is 7.10. The van der Waals surface area contributed by atoms with E-state index >= 15 is 0 Å². The van der Waals surface area contributed by atoms with E-state index in [4.69, 9.17) is 0 Å². The van der Waals surface area contributed by atoms with Crippen LogP contribution in [0.25, 0.3) is 0 Å². The summed E-state index contributed by atoms with van der Waals surface area (Å²) in [5.74, 6) is 0.998. The molecule has 21 heavy (non-hydrogen) atoms. The van der Waals surface area contributed by atoms with E-state index < -0.39 is 0 Å². The second kappa shape index (κ2) is 5.69. The Labute approximate surface area is 128 Å². The van der Waals surface area contributed by atoms with Crippen LogP contribution in [-0.4, -0.2) is 14.5 Å². The molecule has 0 bridgehead atoms. The number of pyridine rings is 1. The molecule has 3 aromatic rings. The maximum absolute atomic E-state index is 4.53. The molecule has 0 saturated carbocycles. The molecule has 0 amide bonds. The van der Waals surface area contributed by atoms with Crippen LogP contribution in [0, 0.1) is 13.8 Å². The summed E-state index contributed by atoms with van der Waals surface area (Å²) in [6.45, 7) is 4.03. The highest BCUT2D eigenvalue weighted by atomic mass is 32.1. The normalized spacial score (nSPS) is 12.3. The first-order valence-electron chi connectivity index (χ1n) is 6.86. The third-order valence-electron chi connectivity index (χ3n) is 3.47. The number of hydrogen-bond acceptors (Lipinski definition) is 4. The number of nitrogens with zero attached hydrogens (tertiary/aromatic N) is 3. The minimum Gasteiger partial charge on any atom is -0.369 e. The Balaban J connectivity index is 1.99. The highest BCUT2D eigenvalue weighted by Gasteiger charge is 2.20. The van der Waals surface area contributed by atoms with E-state index in [2.05, 4.69) is 38.9 Å². The van der Waals surface area contributed by atoms with Gasteiger partial charge in [0.25, 0.3) is 0 Å². The van der Waals surface area contributed by atoms with Crippen molar-refractivity contribution in [1.29, 1.82) is 0 Å². The molecule has 0 aliphatic rings. The lowest BCUT2D eigenvalue weighted by Gasteiger charge is -2.19. The van der Waals surface area contributed by atoms with Crippen molar-refractivity contribution in [2.24, 2.45) is 7.05 Å². The number of thiophene rings is 1. The maximum atomic E-state index is 4.53. The van der Waals surface area contributed by atoms with E-state index in [1.807, 2.05) is 43.9 Å². The highest BCUT2D eigenvalue weighted by Crippen LogP contribution is 2.29. The molecule has 3 aromatic heterocycles. The standard InChI is InChI=1S/C16H18N4S/c1-11-6-7-13(12(2)18-11)19-15(14-5-4-10-21-14)16-17-8-9-20(16)3/h4-10,15,19H,1-3H3. The average Bonchev–Trinajstić information content (AvgIpc) is 3.10. The van der Waals surface area contributed by atoms with Gasteiger partial charge in [0.2, 0.25) is 0 Å². The third kappa shape index (κ3) is 2.83. The minimum atomic E-state index is 0.0354. The summed E-state index contributed by atoms with van der Waals surface area (Å²) in [6.07, 6.45) is 3.80. The van der Waals surface area contributed by atoms with Crippen LogP contribution in [-0.2, 0) is 7.05 Å². The summed E-state index contributed by atoms with van der Waals surface area (Å²) in [5, 5.41) is 5.68. The summed E-state index contributed by atoms with van der Waals surface area (Å²) < 4.78 is 2.05. The maximum Gasteiger partial charge on any atom is 0.136 e. The van der Waals surface area contributed by atoms with Crippen molar-refractivity contribution < 1.29 is 0 Å². The van der Waals surface area contributed by atoms with Gasteiger partial charge in [-0.15, -0.1) is 11.3 Å². The predicted molar refractivity (Wildman–Crippen MR) is 86.7 cm³/mol. The van der Waals surface area contributed by atoms with E-state index in [0.717, 1.165) is 22.9 Å². The topological polar surface area (TPSA) is 42.7 Å². The Kier molecular flexibility index (Phi) is 3.75. The number of nitrogens with one attached hydrogen (secondary N) is 1. The second-order valence-corrected chi connectivity index (χ2v) is 6.05. The van der Waals surface area contributed by atoms with E-state index in [0.29, 0.717) is 0 Å². The molecule has 1 N–H and O–H groups in total. The Morgan fingerprint density at radius 3 is 2.71 bits per heavy atom. The molecule has 3 rings (SSSR count). The first kappa shape index (κ1) is 13.8. The Bertz CT molecular complexity index is 731. The van der Waals surface area contributed by atoms with Gasteiger partial charge in [-0.25, -0.2) is 4.98 Å². The van der Waals surface area contributed by atoms with Crippen LogP contribution in [0.5, 0.6) is 0 Å². The molecule has 108 valence electrons. The molecule has 0 saturated heterocycles. The van der Waals surface area contributed by atoms with Gasteiger partial charge in [-0.2, -0.15) is 0 Å². The Morgan fingerprint density at radius 1 is 1.24 bits per heavy atom. The summed E-state index contributed by atoms with van der Waals surface area (Å²) in [4.78, 5) is 10.3. The molecule has 0 radical (unpaired) electrons. The molecule has 0 fully saturated rings. The van der Waals surface area contributed by atoms with Crippen LogP contribution in [0.1, 0.15) is 28.1 Å². The largest absolute Gasteiger partial charge is 0.369 e. The van der Waals surface area contributed by atoms with Gasteiger partial charge in [-0.05, 0) is 37.4 Å². The second-order valence-electron chi connectivity index (χ2n) is 5.07. The first-order chi connectivity index (χ1) is 10.1. The van der Waals surface area contributed by atoms with Gasteiger partial charge in [-0.3, -0.25) is 4.98 Å². The zero-order chi connectivity index (χ0) is 14.8. The number of aryl methyl sites for hydroxylation is 3. The molecule has 1 atom stereocenters. The molecule has 0 aromatic carbocycles. The summed E-state index contributed by atoms with van der Waals surface area (Å²) >= 11 is 1.73. The van der Waals surface area contributed by atoms with Crippen molar-refractivity contribution >= 4 is 17.0 Å². The summed E-state index contributed by atoms with van der Waals surface area (Å²) in [7, 11) is 2.02. The molecule has 5 heteroatoms. The van der Waals surface area contributed by atoms with Gasteiger partial charge in [0.15, 0.2) is 0 Å². The molecule has 4 nitrogen and oxygen atoms in total. The van der Waals surface area contributed by atoms with Crippen LogP contribution >= 0.6 is 11.3 Å². The average molecular weight is 298 g/mol. The summed E-state index contributed by atoms with van der Waals surface area (Å²) in [5.41, 5.74) is 3.08. The third-order valence-corrected chi connectivity index (χ3v) is 4.41. The van der Waals surface area contributed by atoms with Gasteiger partial charge in [-0.1, -0.05) is 6.07 Å². The monoisotopic (exact) mass is 298 g/mol. The smallest absolute Gasteiger partial charge is 0.136 e. The van der Waals surface area contributed by atoms with Crippen LogP contribution in [0.4, 0.5) is 5.69 Å². The van der Waals surface area contributed by atoms with Gasteiger partial charge in [0, 0.05) is 30.0 Å². The van der Waals surface area contributed by atoms with E-state index in [-0.39, 0.29) is 6.04 Å². The molecular formula is C16H18N4S. The van der Waals surface area contributed by atoms with Gasteiger partial charge in [0.05, 0.1) is 11.4 Å². The fourth-order valence-electron chi connectivity index (χ4n) is 2.37. The van der Waals surface area contributed by atoms with Gasteiger partial charge >= 0.3 is 0 Å². The predicted octanol–water partition coefficient (Wildman–Crippen LogP) is 3.69. The number of anilines is 1. The van der Waals surface area contributed by atoms with Gasteiger partial charge < -0.3 is 9.88 Å². The lowest BCUT2D eigenvalue weighted by atomic mass is 10.2. The lowest BCUT2D eigenvalue weighted by Crippen LogP contribution is -2.16. The molecule has 0 spiro atoms. The zero-order valence-corrected chi connectivity index (χ0v) is 13.2. The zero-order valence-electron chi connectivity index (χ0n) is 12.4. The fraction of sp³-hybridized carbons (Fsp3) is 0.250. The van der Waals surface area contributed by atoms with Crippen molar-refractivity contribution in [2.75, 3.05) is 5.32 Å². The van der Waals surface area contributed by atoms with Crippen LogP contribution in [0.15, 0.2) is 42.0 Å². The number of hydrogen-bond donors (Lipinski definition) is 1. The quantitative estimate of drug-likeness (QED) is 0.798. The van der Waals surface area contributed by atoms with Gasteiger partial charge in [0.1, 0.15) is 11.9 Å². The number of aromatic nitrogens is 3. The van der Waals surface area contributed by atoms with E-state index in [9.17, 15) is 0 Å². The first-order valence-corrected chi connectivity index (χ1v) is 7.74. The van der Waals surface area contributed by atoms with E-state index in [1.54, 1.807) is 11.3 Å². The summed E-state index contributed by atoms with van der Waals surface area (Å²) in [6, 6.07) is 8.35. The van der Waals surface area contributed by atoms with E-state index in [1.165, 1.54) is 4.88 Å². The van der Waals surface area contributed by atoms with Crippen molar-refractivity contribution in [1.82, 2.24) is 14.5 Å². The van der Waals surface area contributed by atoms with Crippen molar-refractivity contribution in [2.45, 2.75) is 19.9 Å². The molecule has 0 aliphatic carbocycles. The van der Waals surface area contributed by atoms with Crippen molar-refractivity contribution in [3.8, 4) is 0 Å². The van der Waals surface area contributed by atoms with Crippen molar-refractivity contribution in [3.05, 3.63) is 64.1 Å². The van der Waals surface area contributed by atoms with Crippen LogP contribution in [0.3, 0.4) is 0 Å². The van der Waals surface area contributed by atoms with Crippen LogP contribution in [0.2, 0.25) is 0 Å². The Hall–Kier alpha value is -2.14. The fourth-order valence-corrected chi connectivity index (χ4v) is 3.14. The minimum absolute atomic E-state index is 0.0354. The molecule has 0 aliphatic heterocycles. The number of imidazole rings is 1. The van der Waals surface area contributed by atoms with Crippen molar-refractivity contribution in [3.63, 3.8) is 0 Å². The molecule has 1 unspecified atom stereocenters. The lowest BCUT2D eigenvalue weighted by molar-refractivity contribution is 0.755. The van der Waals surface area contributed by atoms with Crippen LogP contribution < -0.4 is 5.32 Å². The Morgan fingerprint density at radius 2 is 2.10 bits per heavy atom. The number of rotatable bonds is 4. The molecular weight excluding hydrogens is 280 g/mol. The molecule has 3 heterocycles. The SMILES string of the molecule is Cc1ccc(NC(c2cccs2)c2nccn2C)c(C)n1.